The Morgan fingerprint density at radius 1 is 1.44 bits per heavy atom. The number of amides is 1. The summed E-state index contributed by atoms with van der Waals surface area (Å²) in [5.41, 5.74) is 6.25. The fraction of sp³-hybridized carbons (Fsp3) is 0.417. The van der Waals surface area contributed by atoms with Gasteiger partial charge in [0.15, 0.2) is 0 Å². The number of halogens is 3. The summed E-state index contributed by atoms with van der Waals surface area (Å²) in [6, 6.07) is 2.88. The third-order valence-electron chi connectivity index (χ3n) is 2.50. The van der Waals surface area contributed by atoms with Gasteiger partial charge < -0.3 is 11.1 Å². The maximum absolute atomic E-state index is 11.8. The highest BCUT2D eigenvalue weighted by atomic mass is 79.9. The molecule has 0 spiro atoms. The predicted molar refractivity (Wildman–Crippen MR) is 80.3 cm³/mol. The number of benzene rings is 1. The molecule has 0 heterocycles. The van der Waals surface area contributed by atoms with Gasteiger partial charge in [-0.1, -0.05) is 43.0 Å². The average molecular weight is 354 g/mol. The second kappa shape index (κ2) is 7.34. The molecule has 0 aliphatic rings. The minimum Gasteiger partial charge on any atom is -0.323 e. The molecule has 0 aliphatic heterocycles. The van der Waals surface area contributed by atoms with Gasteiger partial charge in [-0.25, -0.2) is 0 Å². The second-order valence-corrected chi connectivity index (χ2v) is 5.57. The number of rotatable bonds is 5. The Morgan fingerprint density at radius 3 is 2.72 bits per heavy atom. The molecule has 0 fully saturated rings. The molecule has 1 aromatic carbocycles. The van der Waals surface area contributed by atoms with Crippen molar-refractivity contribution in [2.24, 2.45) is 5.73 Å². The molecule has 18 heavy (non-hydrogen) atoms. The normalized spacial score (nSPS) is 12.3. The lowest BCUT2D eigenvalue weighted by Gasteiger charge is -2.13. The molecule has 100 valence electrons. The van der Waals surface area contributed by atoms with Crippen molar-refractivity contribution >= 4 is 50.7 Å². The molecule has 1 atom stereocenters. The van der Waals surface area contributed by atoms with Crippen LogP contribution in [0.4, 0.5) is 5.69 Å². The standard InChI is InChI=1S/C12H15BrCl2N2O/c1-2-3-4-8(16)12(18)17-9-6-5-7(13)10(14)11(9)15/h5-6,8H,2-4,16H2,1H3,(H,17,18)/t8-/m0/s1. The van der Waals surface area contributed by atoms with Gasteiger partial charge in [-0.05, 0) is 34.5 Å². The Morgan fingerprint density at radius 2 is 2.11 bits per heavy atom. The maximum atomic E-state index is 11.8. The number of anilines is 1. The minimum absolute atomic E-state index is 0.247. The fourth-order valence-electron chi connectivity index (χ4n) is 1.40. The molecular weight excluding hydrogens is 339 g/mol. The van der Waals surface area contributed by atoms with Gasteiger partial charge in [-0.15, -0.1) is 0 Å². The van der Waals surface area contributed by atoms with E-state index in [1.54, 1.807) is 12.1 Å². The van der Waals surface area contributed by atoms with E-state index in [1.165, 1.54) is 0 Å². The average Bonchev–Trinajstić information content (AvgIpc) is 2.36. The molecule has 0 saturated carbocycles. The topological polar surface area (TPSA) is 55.1 Å². The Kier molecular flexibility index (Phi) is 6.43. The summed E-state index contributed by atoms with van der Waals surface area (Å²) in [5.74, 6) is -0.247. The van der Waals surface area contributed by atoms with E-state index in [1.807, 2.05) is 0 Å². The number of nitrogens with one attached hydrogen (secondary N) is 1. The van der Waals surface area contributed by atoms with E-state index >= 15 is 0 Å². The molecule has 3 nitrogen and oxygen atoms in total. The summed E-state index contributed by atoms with van der Waals surface area (Å²) < 4.78 is 0.683. The van der Waals surface area contributed by atoms with E-state index in [0.717, 1.165) is 12.8 Å². The SMILES string of the molecule is CCCC[C@H](N)C(=O)Nc1ccc(Br)c(Cl)c1Cl. The second-order valence-electron chi connectivity index (χ2n) is 3.96. The van der Waals surface area contributed by atoms with E-state index in [2.05, 4.69) is 28.2 Å². The lowest BCUT2D eigenvalue weighted by Crippen LogP contribution is -2.35. The number of unbranched alkanes of at least 4 members (excludes halogenated alkanes) is 1. The van der Waals surface area contributed by atoms with Crippen LogP contribution in [-0.4, -0.2) is 11.9 Å². The number of hydrogen-bond acceptors (Lipinski definition) is 2. The highest BCUT2D eigenvalue weighted by Crippen LogP contribution is 2.35. The van der Waals surface area contributed by atoms with Crippen molar-refractivity contribution < 1.29 is 4.79 Å². The first-order chi connectivity index (χ1) is 8.47. The van der Waals surface area contributed by atoms with Crippen LogP contribution in [0, 0.1) is 0 Å². The zero-order chi connectivity index (χ0) is 13.7. The van der Waals surface area contributed by atoms with Gasteiger partial charge in [0.1, 0.15) is 0 Å². The molecule has 0 saturated heterocycles. The molecule has 1 aromatic rings. The molecule has 0 aromatic heterocycles. The van der Waals surface area contributed by atoms with Crippen molar-refractivity contribution in [1.82, 2.24) is 0 Å². The van der Waals surface area contributed by atoms with Crippen LogP contribution in [0.5, 0.6) is 0 Å². The van der Waals surface area contributed by atoms with Gasteiger partial charge in [-0.2, -0.15) is 0 Å². The molecule has 6 heteroatoms. The molecule has 0 radical (unpaired) electrons. The number of hydrogen-bond donors (Lipinski definition) is 2. The summed E-state index contributed by atoms with van der Waals surface area (Å²) in [7, 11) is 0. The van der Waals surface area contributed by atoms with Crippen LogP contribution in [0.1, 0.15) is 26.2 Å². The Labute approximate surface area is 125 Å². The summed E-state index contributed by atoms with van der Waals surface area (Å²) >= 11 is 15.3. The third kappa shape index (κ3) is 4.12. The van der Waals surface area contributed by atoms with Crippen LogP contribution >= 0.6 is 39.1 Å². The Balaban J connectivity index is 2.73. The van der Waals surface area contributed by atoms with Gasteiger partial charge in [0.2, 0.25) is 5.91 Å². The summed E-state index contributed by atoms with van der Waals surface area (Å²) in [6.45, 7) is 2.05. The predicted octanol–water partition coefficient (Wildman–Crippen LogP) is 4.21. The summed E-state index contributed by atoms with van der Waals surface area (Å²) in [4.78, 5) is 11.8. The molecule has 0 unspecified atom stereocenters. The van der Waals surface area contributed by atoms with Gasteiger partial charge in [0, 0.05) is 4.47 Å². The first kappa shape index (κ1) is 15.8. The smallest absolute Gasteiger partial charge is 0.241 e. The van der Waals surface area contributed by atoms with Crippen molar-refractivity contribution in [2.45, 2.75) is 32.2 Å². The first-order valence-corrected chi connectivity index (χ1v) is 7.22. The summed E-state index contributed by atoms with van der Waals surface area (Å²) in [6.07, 6.45) is 2.58. The molecule has 1 rings (SSSR count). The van der Waals surface area contributed by atoms with Gasteiger partial charge in [-0.3, -0.25) is 4.79 Å². The zero-order valence-corrected chi connectivity index (χ0v) is 13.1. The number of carbonyl (C=O) groups excluding carboxylic acids is 1. The van der Waals surface area contributed by atoms with Gasteiger partial charge in [0.05, 0.1) is 21.8 Å². The molecule has 0 aliphatic carbocycles. The summed E-state index contributed by atoms with van der Waals surface area (Å²) in [5, 5.41) is 3.37. The van der Waals surface area contributed by atoms with Crippen molar-refractivity contribution in [2.75, 3.05) is 5.32 Å². The van der Waals surface area contributed by atoms with Crippen LogP contribution in [0.25, 0.3) is 0 Å². The number of carbonyl (C=O) groups is 1. The molecule has 1 amide bonds. The molecule has 3 N–H and O–H groups in total. The van der Waals surface area contributed by atoms with Gasteiger partial charge >= 0.3 is 0 Å². The van der Waals surface area contributed by atoms with E-state index in [9.17, 15) is 4.79 Å². The monoisotopic (exact) mass is 352 g/mol. The first-order valence-electron chi connectivity index (χ1n) is 5.67. The minimum atomic E-state index is -0.525. The van der Waals surface area contributed by atoms with Gasteiger partial charge in [0.25, 0.3) is 0 Å². The molecular formula is C12H15BrCl2N2O. The van der Waals surface area contributed by atoms with Crippen LogP contribution in [-0.2, 0) is 4.79 Å². The van der Waals surface area contributed by atoms with E-state index in [4.69, 9.17) is 28.9 Å². The highest BCUT2D eigenvalue weighted by molar-refractivity contribution is 9.10. The lowest BCUT2D eigenvalue weighted by atomic mass is 10.1. The maximum Gasteiger partial charge on any atom is 0.241 e. The fourth-order valence-corrected chi connectivity index (χ4v) is 2.22. The van der Waals surface area contributed by atoms with Crippen molar-refractivity contribution in [3.63, 3.8) is 0 Å². The quantitative estimate of drug-likeness (QED) is 0.779. The van der Waals surface area contributed by atoms with E-state index in [-0.39, 0.29) is 5.91 Å². The van der Waals surface area contributed by atoms with E-state index < -0.39 is 6.04 Å². The van der Waals surface area contributed by atoms with Crippen LogP contribution in [0.15, 0.2) is 16.6 Å². The Hall–Kier alpha value is -0.290. The van der Waals surface area contributed by atoms with Crippen molar-refractivity contribution in [3.05, 3.63) is 26.7 Å². The van der Waals surface area contributed by atoms with Crippen LogP contribution < -0.4 is 11.1 Å². The van der Waals surface area contributed by atoms with Crippen molar-refractivity contribution in [1.29, 1.82) is 0 Å². The number of nitrogens with two attached hydrogens (primary N) is 1. The zero-order valence-electron chi connectivity index (χ0n) is 9.97. The Bertz CT molecular complexity index is 440. The highest BCUT2D eigenvalue weighted by Gasteiger charge is 2.16. The lowest BCUT2D eigenvalue weighted by molar-refractivity contribution is -0.117. The largest absolute Gasteiger partial charge is 0.323 e. The van der Waals surface area contributed by atoms with Crippen LogP contribution in [0.3, 0.4) is 0 Å². The third-order valence-corrected chi connectivity index (χ3v) is 4.27. The van der Waals surface area contributed by atoms with Crippen LogP contribution in [0.2, 0.25) is 10.0 Å². The van der Waals surface area contributed by atoms with Crippen molar-refractivity contribution in [3.8, 4) is 0 Å². The van der Waals surface area contributed by atoms with E-state index in [0.29, 0.717) is 26.6 Å². The molecule has 0 bridgehead atoms.